The fraction of sp³-hybridized carbons (Fsp3) is 0.400. The first-order chi connectivity index (χ1) is 9.81. The lowest BCUT2D eigenvalue weighted by Crippen LogP contribution is -2.39. The highest BCUT2D eigenvalue weighted by atomic mass is 16.4. The lowest BCUT2D eigenvalue weighted by atomic mass is 9.98. The SMILES string of the molecule is Cc1ccc(C(=O)C(CC(=O)O)NCCC(=O)O)cc1C. The molecule has 0 fully saturated rings. The Labute approximate surface area is 122 Å². The Hall–Kier alpha value is -2.21. The van der Waals surface area contributed by atoms with E-state index in [0.29, 0.717) is 5.56 Å². The number of hydrogen-bond donors (Lipinski definition) is 3. The molecular formula is C15H19NO5. The third-order valence-corrected chi connectivity index (χ3v) is 3.22. The summed E-state index contributed by atoms with van der Waals surface area (Å²) in [7, 11) is 0. The molecule has 0 amide bonds. The number of Topliss-reactive ketones (excluding diaryl/α,β-unsaturated/α-hetero) is 1. The van der Waals surface area contributed by atoms with Crippen molar-refractivity contribution in [3.63, 3.8) is 0 Å². The van der Waals surface area contributed by atoms with E-state index < -0.39 is 18.0 Å². The van der Waals surface area contributed by atoms with Crippen LogP contribution in [0.2, 0.25) is 0 Å². The number of carbonyl (C=O) groups excluding carboxylic acids is 1. The third kappa shape index (κ3) is 5.35. The minimum absolute atomic E-state index is 0.0455. The molecule has 1 rings (SSSR count). The minimum Gasteiger partial charge on any atom is -0.481 e. The summed E-state index contributed by atoms with van der Waals surface area (Å²) in [6.07, 6.45) is -0.554. The van der Waals surface area contributed by atoms with Crippen LogP contribution in [0, 0.1) is 13.8 Å². The van der Waals surface area contributed by atoms with Crippen molar-refractivity contribution in [3.8, 4) is 0 Å². The van der Waals surface area contributed by atoms with Crippen molar-refractivity contribution in [2.75, 3.05) is 6.54 Å². The van der Waals surface area contributed by atoms with Gasteiger partial charge < -0.3 is 15.5 Å². The van der Waals surface area contributed by atoms with Crippen LogP contribution >= 0.6 is 0 Å². The van der Waals surface area contributed by atoms with E-state index in [1.54, 1.807) is 18.2 Å². The van der Waals surface area contributed by atoms with Crippen molar-refractivity contribution in [3.05, 3.63) is 34.9 Å². The van der Waals surface area contributed by atoms with Crippen LogP contribution in [0.15, 0.2) is 18.2 Å². The summed E-state index contributed by atoms with van der Waals surface area (Å²) in [6.45, 7) is 3.84. The zero-order chi connectivity index (χ0) is 16.0. The molecule has 0 aromatic heterocycles. The van der Waals surface area contributed by atoms with Gasteiger partial charge in [0.05, 0.1) is 18.9 Å². The van der Waals surface area contributed by atoms with Crippen LogP contribution in [0.1, 0.15) is 34.3 Å². The molecule has 6 nitrogen and oxygen atoms in total. The van der Waals surface area contributed by atoms with Gasteiger partial charge in [0.2, 0.25) is 0 Å². The Morgan fingerprint density at radius 1 is 1.10 bits per heavy atom. The Kier molecular flexibility index (Phi) is 6.05. The number of carboxylic acids is 2. The molecule has 0 heterocycles. The second kappa shape index (κ2) is 7.54. The Balaban J connectivity index is 2.85. The highest BCUT2D eigenvalue weighted by Gasteiger charge is 2.22. The molecular weight excluding hydrogens is 274 g/mol. The van der Waals surface area contributed by atoms with Gasteiger partial charge in [-0.3, -0.25) is 14.4 Å². The van der Waals surface area contributed by atoms with E-state index in [2.05, 4.69) is 5.32 Å². The predicted octanol–water partition coefficient (Wildman–Crippen LogP) is 1.39. The van der Waals surface area contributed by atoms with Crippen molar-refractivity contribution in [1.82, 2.24) is 5.32 Å². The summed E-state index contributed by atoms with van der Waals surface area (Å²) in [5.74, 6) is -2.46. The third-order valence-electron chi connectivity index (χ3n) is 3.22. The maximum atomic E-state index is 12.3. The predicted molar refractivity (Wildman–Crippen MR) is 76.5 cm³/mol. The molecule has 0 spiro atoms. The number of carboxylic acid groups (broad SMARTS) is 2. The molecule has 0 aliphatic carbocycles. The zero-order valence-electron chi connectivity index (χ0n) is 12.0. The lowest BCUT2D eigenvalue weighted by molar-refractivity contribution is -0.137. The fourth-order valence-electron chi connectivity index (χ4n) is 1.88. The first-order valence-electron chi connectivity index (χ1n) is 6.59. The molecule has 3 N–H and O–H groups in total. The quantitative estimate of drug-likeness (QED) is 0.626. The van der Waals surface area contributed by atoms with Gasteiger partial charge in [0.25, 0.3) is 0 Å². The molecule has 1 aromatic rings. The van der Waals surface area contributed by atoms with Crippen molar-refractivity contribution in [2.24, 2.45) is 0 Å². The number of aliphatic carboxylic acids is 2. The average Bonchev–Trinajstić information content (AvgIpc) is 2.39. The van der Waals surface area contributed by atoms with E-state index in [0.717, 1.165) is 11.1 Å². The molecule has 1 atom stereocenters. The van der Waals surface area contributed by atoms with Gasteiger partial charge in [0.1, 0.15) is 0 Å². The van der Waals surface area contributed by atoms with E-state index in [1.165, 1.54) is 0 Å². The molecule has 114 valence electrons. The average molecular weight is 293 g/mol. The van der Waals surface area contributed by atoms with Crippen molar-refractivity contribution >= 4 is 17.7 Å². The molecule has 0 radical (unpaired) electrons. The number of hydrogen-bond acceptors (Lipinski definition) is 4. The van der Waals surface area contributed by atoms with Crippen LogP contribution < -0.4 is 5.32 Å². The van der Waals surface area contributed by atoms with Crippen LogP contribution in [0.25, 0.3) is 0 Å². The topological polar surface area (TPSA) is 104 Å². The summed E-state index contributed by atoms with van der Waals surface area (Å²) < 4.78 is 0. The highest BCUT2D eigenvalue weighted by molar-refractivity contribution is 6.01. The van der Waals surface area contributed by atoms with Crippen LogP contribution in [0.3, 0.4) is 0 Å². The van der Waals surface area contributed by atoms with Gasteiger partial charge in [-0.05, 0) is 31.0 Å². The van der Waals surface area contributed by atoms with Gasteiger partial charge in [-0.2, -0.15) is 0 Å². The Bertz CT molecular complexity index is 553. The number of benzene rings is 1. The summed E-state index contributed by atoms with van der Waals surface area (Å²) >= 11 is 0. The van der Waals surface area contributed by atoms with Gasteiger partial charge in [0.15, 0.2) is 5.78 Å². The normalized spacial score (nSPS) is 11.9. The standard InChI is InChI=1S/C15H19NO5/c1-9-3-4-11(7-10(9)2)15(21)12(8-14(19)20)16-6-5-13(17)18/h3-4,7,12,16H,5-6,8H2,1-2H3,(H,17,18)(H,19,20). The Morgan fingerprint density at radius 2 is 1.76 bits per heavy atom. The summed E-state index contributed by atoms with van der Waals surface area (Å²) in [5.41, 5.74) is 2.41. The van der Waals surface area contributed by atoms with Crippen molar-refractivity contribution in [2.45, 2.75) is 32.7 Å². The highest BCUT2D eigenvalue weighted by Crippen LogP contribution is 2.13. The number of aryl methyl sites for hydroxylation is 2. The van der Waals surface area contributed by atoms with Gasteiger partial charge in [0, 0.05) is 12.1 Å². The van der Waals surface area contributed by atoms with Gasteiger partial charge in [-0.15, -0.1) is 0 Å². The molecule has 0 bridgehead atoms. The fourth-order valence-corrected chi connectivity index (χ4v) is 1.88. The van der Waals surface area contributed by atoms with Crippen LogP contribution in [0.5, 0.6) is 0 Å². The molecule has 21 heavy (non-hydrogen) atoms. The number of ketones is 1. The summed E-state index contributed by atoms with van der Waals surface area (Å²) in [6, 6.07) is 4.24. The molecule has 0 aliphatic rings. The van der Waals surface area contributed by atoms with E-state index in [9.17, 15) is 14.4 Å². The second-order valence-corrected chi connectivity index (χ2v) is 4.91. The monoisotopic (exact) mass is 293 g/mol. The Morgan fingerprint density at radius 3 is 2.29 bits per heavy atom. The molecule has 1 aromatic carbocycles. The lowest BCUT2D eigenvalue weighted by Gasteiger charge is -2.16. The maximum Gasteiger partial charge on any atom is 0.305 e. The molecule has 6 heteroatoms. The van der Waals surface area contributed by atoms with Crippen LogP contribution in [-0.2, 0) is 9.59 Å². The first kappa shape index (κ1) is 16.8. The molecule has 0 saturated carbocycles. The van der Waals surface area contributed by atoms with E-state index in [4.69, 9.17) is 10.2 Å². The maximum absolute atomic E-state index is 12.3. The van der Waals surface area contributed by atoms with Crippen LogP contribution in [0.4, 0.5) is 0 Å². The van der Waals surface area contributed by atoms with E-state index in [-0.39, 0.29) is 25.2 Å². The van der Waals surface area contributed by atoms with Crippen LogP contribution in [-0.4, -0.2) is 40.5 Å². The van der Waals surface area contributed by atoms with E-state index >= 15 is 0 Å². The number of rotatable bonds is 8. The minimum atomic E-state index is -1.11. The van der Waals surface area contributed by atoms with Gasteiger partial charge in [-0.1, -0.05) is 12.1 Å². The first-order valence-corrected chi connectivity index (χ1v) is 6.59. The van der Waals surface area contributed by atoms with Crippen molar-refractivity contribution < 1.29 is 24.6 Å². The smallest absolute Gasteiger partial charge is 0.305 e. The largest absolute Gasteiger partial charge is 0.481 e. The van der Waals surface area contributed by atoms with E-state index in [1.807, 2.05) is 13.8 Å². The summed E-state index contributed by atoms with van der Waals surface area (Å²) in [5, 5.41) is 20.2. The number of nitrogens with one attached hydrogen (secondary N) is 1. The second-order valence-electron chi connectivity index (χ2n) is 4.91. The van der Waals surface area contributed by atoms with Crippen molar-refractivity contribution in [1.29, 1.82) is 0 Å². The van der Waals surface area contributed by atoms with Gasteiger partial charge in [-0.25, -0.2) is 0 Å². The molecule has 1 unspecified atom stereocenters. The zero-order valence-corrected chi connectivity index (χ0v) is 12.0. The number of carbonyl (C=O) groups is 3. The summed E-state index contributed by atoms with van der Waals surface area (Å²) in [4.78, 5) is 33.7. The van der Waals surface area contributed by atoms with Gasteiger partial charge >= 0.3 is 11.9 Å². The molecule has 0 aliphatic heterocycles. The molecule has 0 saturated heterocycles.